The highest BCUT2D eigenvalue weighted by atomic mass is 32.1. The normalized spacial score (nSPS) is 20.6. The van der Waals surface area contributed by atoms with Gasteiger partial charge in [0.2, 0.25) is 0 Å². The Morgan fingerprint density at radius 1 is 1.45 bits per heavy atom. The Kier molecular flexibility index (Phi) is 2.98. The molecule has 1 aliphatic heterocycles. The number of aromatic nitrogens is 1. The van der Waals surface area contributed by atoms with Crippen molar-refractivity contribution in [2.75, 3.05) is 26.9 Å². The Hall–Kier alpha value is -1.43. The van der Waals surface area contributed by atoms with Gasteiger partial charge in [-0.1, -0.05) is 6.07 Å². The van der Waals surface area contributed by atoms with Crippen LogP contribution in [0.15, 0.2) is 18.2 Å². The molecule has 0 amide bonds. The molecule has 2 aliphatic rings. The molecule has 4 rings (SSSR count). The van der Waals surface area contributed by atoms with Crippen LogP contribution in [-0.2, 0) is 11.2 Å². The first-order valence-corrected chi connectivity index (χ1v) is 7.65. The van der Waals surface area contributed by atoms with Crippen LogP contribution >= 0.6 is 11.3 Å². The van der Waals surface area contributed by atoms with E-state index in [1.807, 2.05) is 6.07 Å². The lowest BCUT2D eigenvalue weighted by atomic mass is 10.1. The average Bonchev–Trinajstić information content (AvgIpc) is 3.05. The summed E-state index contributed by atoms with van der Waals surface area (Å²) in [4.78, 5) is 6.21. The first-order valence-electron chi connectivity index (χ1n) is 6.83. The monoisotopic (exact) mass is 288 g/mol. The first kappa shape index (κ1) is 12.3. The van der Waals surface area contributed by atoms with E-state index in [0.717, 1.165) is 42.6 Å². The van der Waals surface area contributed by atoms with Gasteiger partial charge in [0, 0.05) is 23.4 Å². The molecule has 1 aromatic carbocycles. The Morgan fingerprint density at radius 2 is 2.40 bits per heavy atom. The van der Waals surface area contributed by atoms with Crippen LogP contribution in [0.1, 0.15) is 21.5 Å². The van der Waals surface area contributed by atoms with E-state index >= 15 is 0 Å². The van der Waals surface area contributed by atoms with Crippen molar-refractivity contribution in [3.8, 4) is 17.0 Å². The summed E-state index contributed by atoms with van der Waals surface area (Å²) in [7, 11) is 1.70. The van der Waals surface area contributed by atoms with Gasteiger partial charge in [0.25, 0.3) is 0 Å². The first-order chi connectivity index (χ1) is 9.85. The van der Waals surface area contributed by atoms with E-state index in [2.05, 4.69) is 17.4 Å². The smallest absolute Gasteiger partial charge is 0.119 e. The fourth-order valence-corrected chi connectivity index (χ4v) is 3.97. The minimum absolute atomic E-state index is 0.244. The fourth-order valence-electron chi connectivity index (χ4n) is 2.80. The molecule has 0 spiro atoms. The molecule has 1 atom stereocenters. The van der Waals surface area contributed by atoms with Crippen LogP contribution < -0.4 is 10.1 Å². The second-order valence-corrected chi connectivity index (χ2v) is 6.22. The topological polar surface area (TPSA) is 43.4 Å². The molecule has 2 aromatic rings. The van der Waals surface area contributed by atoms with Crippen LogP contribution in [0.25, 0.3) is 11.3 Å². The highest BCUT2D eigenvalue weighted by Crippen LogP contribution is 2.42. The molecule has 0 saturated carbocycles. The van der Waals surface area contributed by atoms with Crippen molar-refractivity contribution < 1.29 is 9.47 Å². The third-order valence-corrected chi connectivity index (χ3v) is 5.03. The molecule has 0 radical (unpaired) electrons. The number of ether oxygens (including phenoxy) is 2. The highest BCUT2D eigenvalue weighted by molar-refractivity contribution is 7.12. The predicted octanol–water partition coefficient (Wildman–Crippen LogP) is 2.38. The van der Waals surface area contributed by atoms with Gasteiger partial charge in [0.1, 0.15) is 10.8 Å². The van der Waals surface area contributed by atoms with Gasteiger partial charge in [-0.25, -0.2) is 4.98 Å². The Morgan fingerprint density at radius 3 is 3.20 bits per heavy atom. The number of hydrogen-bond donors (Lipinski definition) is 1. The van der Waals surface area contributed by atoms with Crippen molar-refractivity contribution in [3.05, 3.63) is 33.6 Å². The molecule has 1 aromatic heterocycles. The van der Waals surface area contributed by atoms with Gasteiger partial charge in [-0.15, -0.1) is 11.3 Å². The van der Waals surface area contributed by atoms with E-state index in [1.54, 1.807) is 18.4 Å². The van der Waals surface area contributed by atoms with E-state index in [1.165, 1.54) is 16.0 Å². The maximum atomic E-state index is 5.53. The number of nitrogens with one attached hydrogen (secondary N) is 1. The predicted molar refractivity (Wildman–Crippen MR) is 78.5 cm³/mol. The minimum atomic E-state index is 0.244. The quantitative estimate of drug-likeness (QED) is 0.786. The van der Waals surface area contributed by atoms with Gasteiger partial charge >= 0.3 is 0 Å². The lowest BCUT2D eigenvalue weighted by Gasteiger charge is -2.21. The van der Waals surface area contributed by atoms with Crippen molar-refractivity contribution in [3.63, 3.8) is 0 Å². The van der Waals surface area contributed by atoms with Crippen LogP contribution in [0.2, 0.25) is 0 Å². The van der Waals surface area contributed by atoms with E-state index in [4.69, 9.17) is 14.5 Å². The van der Waals surface area contributed by atoms with Crippen molar-refractivity contribution in [2.24, 2.45) is 0 Å². The molecule has 2 heterocycles. The van der Waals surface area contributed by atoms with Crippen molar-refractivity contribution in [2.45, 2.75) is 12.5 Å². The zero-order valence-electron chi connectivity index (χ0n) is 11.3. The van der Waals surface area contributed by atoms with Crippen molar-refractivity contribution >= 4 is 11.3 Å². The number of nitrogens with zero attached hydrogens (tertiary/aromatic N) is 1. The maximum Gasteiger partial charge on any atom is 0.119 e. The van der Waals surface area contributed by atoms with E-state index in [0.29, 0.717) is 0 Å². The van der Waals surface area contributed by atoms with Gasteiger partial charge < -0.3 is 14.8 Å². The Labute approximate surface area is 121 Å². The summed E-state index contributed by atoms with van der Waals surface area (Å²) in [6, 6.07) is 6.50. The molecule has 20 heavy (non-hydrogen) atoms. The number of hydrogen-bond acceptors (Lipinski definition) is 5. The number of morpholine rings is 1. The second-order valence-electron chi connectivity index (χ2n) is 5.11. The molecule has 1 fully saturated rings. The maximum absolute atomic E-state index is 5.53. The van der Waals surface area contributed by atoms with Gasteiger partial charge in [-0.3, -0.25) is 0 Å². The van der Waals surface area contributed by atoms with Crippen LogP contribution in [0, 0.1) is 0 Å². The number of thiazole rings is 1. The Balaban J connectivity index is 1.70. The molecule has 1 saturated heterocycles. The SMILES string of the molecule is COc1ccc2c(c1)-c1nc(C3COCCN3)sc1C2. The average molecular weight is 288 g/mol. The van der Waals surface area contributed by atoms with Crippen molar-refractivity contribution in [1.82, 2.24) is 10.3 Å². The number of methoxy groups -OCH3 is 1. The largest absolute Gasteiger partial charge is 0.497 e. The van der Waals surface area contributed by atoms with Crippen LogP contribution in [0.4, 0.5) is 0 Å². The number of fused-ring (bicyclic) bond motifs is 3. The number of benzene rings is 1. The lowest BCUT2D eigenvalue weighted by molar-refractivity contribution is 0.0768. The summed E-state index contributed by atoms with van der Waals surface area (Å²) in [6.45, 7) is 2.41. The van der Waals surface area contributed by atoms with Crippen LogP contribution in [0.3, 0.4) is 0 Å². The van der Waals surface area contributed by atoms with E-state index < -0.39 is 0 Å². The second kappa shape index (κ2) is 4.84. The molecular formula is C15H16N2O2S. The van der Waals surface area contributed by atoms with Crippen LogP contribution in [0.5, 0.6) is 5.75 Å². The summed E-state index contributed by atoms with van der Waals surface area (Å²) in [5, 5.41) is 4.61. The summed E-state index contributed by atoms with van der Waals surface area (Å²) in [6.07, 6.45) is 0.986. The standard InChI is InChI=1S/C15H16N2O2S/c1-18-10-3-2-9-6-13-14(11(9)7-10)17-15(20-13)12-8-19-5-4-16-12/h2-3,7,12,16H,4-6,8H2,1H3. The third kappa shape index (κ3) is 1.93. The summed E-state index contributed by atoms with van der Waals surface area (Å²) in [5.74, 6) is 0.894. The zero-order valence-corrected chi connectivity index (χ0v) is 12.1. The van der Waals surface area contributed by atoms with Crippen LogP contribution in [-0.4, -0.2) is 31.9 Å². The summed E-state index contributed by atoms with van der Waals surface area (Å²) >= 11 is 1.80. The lowest BCUT2D eigenvalue weighted by Crippen LogP contribution is -2.34. The highest BCUT2D eigenvalue weighted by Gasteiger charge is 2.27. The summed E-state index contributed by atoms with van der Waals surface area (Å²) in [5.41, 5.74) is 3.70. The van der Waals surface area contributed by atoms with Gasteiger partial charge in [-0.05, 0) is 17.7 Å². The third-order valence-electron chi connectivity index (χ3n) is 3.86. The van der Waals surface area contributed by atoms with E-state index in [-0.39, 0.29) is 6.04 Å². The van der Waals surface area contributed by atoms with Crippen molar-refractivity contribution in [1.29, 1.82) is 0 Å². The number of rotatable bonds is 2. The molecule has 104 valence electrons. The molecule has 1 unspecified atom stereocenters. The van der Waals surface area contributed by atoms with Gasteiger partial charge in [-0.2, -0.15) is 0 Å². The Bertz CT molecular complexity index is 647. The fraction of sp³-hybridized carbons (Fsp3) is 0.400. The molecule has 5 heteroatoms. The van der Waals surface area contributed by atoms with Gasteiger partial charge in [0.05, 0.1) is 32.1 Å². The van der Waals surface area contributed by atoms with E-state index in [9.17, 15) is 0 Å². The molecular weight excluding hydrogens is 272 g/mol. The molecule has 1 aliphatic carbocycles. The zero-order chi connectivity index (χ0) is 13.5. The summed E-state index contributed by atoms with van der Waals surface area (Å²) < 4.78 is 10.8. The minimum Gasteiger partial charge on any atom is -0.497 e. The van der Waals surface area contributed by atoms with Gasteiger partial charge in [0.15, 0.2) is 0 Å². The molecule has 4 nitrogen and oxygen atoms in total. The molecule has 1 N–H and O–H groups in total. The molecule has 0 bridgehead atoms.